The van der Waals surface area contributed by atoms with Crippen molar-refractivity contribution in [3.8, 4) is 6.07 Å². The first-order chi connectivity index (χ1) is 6.25. The highest BCUT2D eigenvalue weighted by molar-refractivity contribution is 6.33. The van der Waals surface area contributed by atoms with Crippen molar-refractivity contribution < 1.29 is 0 Å². The number of nitriles is 1. The van der Waals surface area contributed by atoms with Gasteiger partial charge in [0.15, 0.2) is 0 Å². The van der Waals surface area contributed by atoms with Crippen LogP contribution in [0.5, 0.6) is 0 Å². The molecule has 0 bridgehead atoms. The smallest absolute Gasteiger partial charge is 0.0640 e. The van der Waals surface area contributed by atoms with Crippen LogP contribution in [0.2, 0.25) is 5.02 Å². The lowest BCUT2D eigenvalue weighted by molar-refractivity contribution is 0.905. The second kappa shape index (κ2) is 4.74. The zero-order chi connectivity index (χ0) is 9.68. The zero-order valence-corrected chi connectivity index (χ0v) is 8.25. The zero-order valence-electron chi connectivity index (χ0n) is 7.50. The van der Waals surface area contributed by atoms with E-state index in [2.05, 4.69) is 6.07 Å². The van der Waals surface area contributed by atoms with Gasteiger partial charge in [0.2, 0.25) is 0 Å². The van der Waals surface area contributed by atoms with Crippen LogP contribution in [0.1, 0.15) is 6.42 Å². The summed E-state index contributed by atoms with van der Waals surface area (Å²) in [4.78, 5) is 1.98. The normalized spacial score (nSPS) is 9.31. The molecule has 0 N–H and O–H groups in total. The van der Waals surface area contributed by atoms with Gasteiger partial charge < -0.3 is 4.90 Å². The molecule has 3 heteroatoms. The molecule has 0 unspecified atom stereocenters. The molecule has 0 heterocycles. The van der Waals surface area contributed by atoms with Gasteiger partial charge in [-0.15, -0.1) is 0 Å². The van der Waals surface area contributed by atoms with Gasteiger partial charge in [0.25, 0.3) is 0 Å². The highest BCUT2D eigenvalue weighted by Gasteiger charge is 2.03. The van der Waals surface area contributed by atoms with Crippen LogP contribution in [0.15, 0.2) is 24.3 Å². The lowest BCUT2D eigenvalue weighted by Crippen LogP contribution is -2.18. The largest absolute Gasteiger partial charge is 0.372 e. The Kier molecular flexibility index (Phi) is 3.60. The number of nitrogens with zero attached hydrogens (tertiary/aromatic N) is 2. The maximum absolute atomic E-state index is 8.42. The third-order valence-corrected chi connectivity index (χ3v) is 2.14. The van der Waals surface area contributed by atoms with Crippen LogP contribution in [0.3, 0.4) is 0 Å². The molecule has 1 aromatic carbocycles. The Hall–Kier alpha value is -1.20. The summed E-state index contributed by atoms with van der Waals surface area (Å²) < 4.78 is 0. The Morgan fingerprint density at radius 2 is 2.15 bits per heavy atom. The molecular formula is C10H11ClN2. The Morgan fingerprint density at radius 1 is 1.46 bits per heavy atom. The minimum Gasteiger partial charge on any atom is -0.372 e. The molecule has 0 fully saturated rings. The summed E-state index contributed by atoms with van der Waals surface area (Å²) >= 11 is 5.97. The van der Waals surface area contributed by atoms with Crippen LogP contribution < -0.4 is 4.90 Å². The van der Waals surface area contributed by atoms with E-state index >= 15 is 0 Å². The molecule has 1 rings (SSSR count). The summed E-state index contributed by atoms with van der Waals surface area (Å²) in [5.41, 5.74) is 0.972. The van der Waals surface area contributed by atoms with Crippen LogP contribution in [0, 0.1) is 11.3 Å². The molecule has 2 nitrogen and oxygen atoms in total. The van der Waals surface area contributed by atoms with Crippen molar-refractivity contribution in [2.75, 3.05) is 18.5 Å². The van der Waals surface area contributed by atoms with Crippen molar-refractivity contribution in [2.45, 2.75) is 6.42 Å². The van der Waals surface area contributed by atoms with Gasteiger partial charge in [-0.3, -0.25) is 0 Å². The maximum Gasteiger partial charge on any atom is 0.0640 e. The highest BCUT2D eigenvalue weighted by Crippen LogP contribution is 2.23. The van der Waals surface area contributed by atoms with Gasteiger partial charge >= 0.3 is 0 Å². The lowest BCUT2D eigenvalue weighted by Gasteiger charge is -2.18. The van der Waals surface area contributed by atoms with Crippen molar-refractivity contribution in [3.63, 3.8) is 0 Å². The Balaban J connectivity index is 2.72. The number of hydrogen-bond donors (Lipinski definition) is 0. The van der Waals surface area contributed by atoms with E-state index in [1.54, 1.807) is 0 Å². The van der Waals surface area contributed by atoms with Crippen molar-refractivity contribution in [2.24, 2.45) is 0 Å². The molecule has 0 aliphatic rings. The summed E-state index contributed by atoms with van der Waals surface area (Å²) in [7, 11) is 1.93. The van der Waals surface area contributed by atoms with Crippen LogP contribution in [0.25, 0.3) is 0 Å². The molecule has 0 radical (unpaired) electrons. The van der Waals surface area contributed by atoms with Crippen molar-refractivity contribution in [3.05, 3.63) is 29.3 Å². The Labute approximate surface area is 83.3 Å². The van der Waals surface area contributed by atoms with Gasteiger partial charge in [-0.25, -0.2) is 0 Å². The fourth-order valence-corrected chi connectivity index (χ4v) is 1.38. The van der Waals surface area contributed by atoms with Gasteiger partial charge in [0.1, 0.15) is 0 Å². The third kappa shape index (κ3) is 2.64. The molecule has 0 aliphatic carbocycles. The Morgan fingerprint density at radius 3 is 2.77 bits per heavy atom. The standard InChI is InChI=1S/C10H11ClN2/c1-13(8-4-7-12)10-6-3-2-5-9(10)11/h2-3,5-6H,4,8H2,1H3. The first kappa shape index (κ1) is 9.88. The summed E-state index contributed by atoms with van der Waals surface area (Å²) in [5, 5.41) is 9.15. The van der Waals surface area contributed by atoms with Crippen molar-refractivity contribution in [1.29, 1.82) is 5.26 Å². The molecule has 0 saturated heterocycles. The van der Waals surface area contributed by atoms with Gasteiger partial charge in [0.05, 0.1) is 23.2 Å². The second-order valence-electron chi connectivity index (χ2n) is 2.78. The lowest BCUT2D eigenvalue weighted by atomic mass is 10.3. The number of anilines is 1. The quantitative estimate of drug-likeness (QED) is 0.740. The fraction of sp³-hybridized carbons (Fsp3) is 0.300. The van der Waals surface area contributed by atoms with E-state index < -0.39 is 0 Å². The molecule has 68 valence electrons. The Bertz CT molecular complexity index is 317. The topological polar surface area (TPSA) is 27.0 Å². The van der Waals surface area contributed by atoms with Crippen LogP contribution >= 0.6 is 11.6 Å². The molecular weight excluding hydrogens is 184 g/mol. The summed E-state index contributed by atoms with van der Waals surface area (Å²) in [5.74, 6) is 0. The van der Waals surface area contributed by atoms with Crippen molar-refractivity contribution >= 4 is 17.3 Å². The monoisotopic (exact) mass is 194 g/mol. The van der Waals surface area contributed by atoms with Crippen LogP contribution in [-0.4, -0.2) is 13.6 Å². The first-order valence-electron chi connectivity index (χ1n) is 4.08. The van der Waals surface area contributed by atoms with Crippen LogP contribution in [0.4, 0.5) is 5.69 Å². The molecule has 13 heavy (non-hydrogen) atoms. The van der Waals surface area contributed by atoms with Gasteiger partial charge in [-0.1, -0.05) is 23.7 Å². The average molecular weight is 195 g/mol. The summed E-state index contributed by atoms with van der Waals surface area (Å²) in [6.45, 7) is 0.709. The first-order valence-corrected chi connectivity index (χ1v) is 4.46. The minimum absolute atomic E-state index is 0.516. The number of hydrogen-bond acceptors (Lipinski definition) is 2. The highest BCUT2D eigenvalue weighted by atomic mass is 35.5. The van der Waals surface area contributed by atoms with E-state index in [4.69, 9.17) is 16.9 Å². The average Bonchev–Trinajstić information content (AvgIpc) is 2.15. The van der Waals surface area contributed by atoms with Gasteiger partial charge in [0, 0.05) is 13.6 Å². The summed E-state index contributed by atoms with van der Waals surface area (Å²) in [6.07, 6.45) is 0.516. The molecule has 0 atom stereocenters. The van der Waals surface area contributed by atoms with Crippen LogP contribution in [-0.2, 0) is 0 Å². The number of rotatable bonds is 3. The second-order valence-corrected chi connectivity index (χ2v) is 3.19. The van der Waals surface area contributed by atoms with E-state index in [0.717, 1.165) is 10.7 Å². The van der Waals surface area contributed by atoms with Gasteiger partial charge in [-0.2, -0.15) is 5.26 Å². The van der Waals surface area contributed by atoms with Gasteiger partial charge in [-0.05, 0) is 12.1 Å². The molecule has 0 aliphatic heterocycles. The number of para-hydroxylation sites is 1. The SMILES string of the molecule is CN(CCC#N)c1ccccc1Cl. The van der Waals surface area contributed by atoms with Crippen molar-refractivity contribution in [1.82, 2.24) is 0 Å². The molecule has 0 amide bonds. The fourth-order valence-electron chi connectivity index (χ4n) is 1.10. The molecule has 0 spiro atoms. The van der Waals surface area contributed by atoms with E-state index in [-0.39, 0.29) is 0 Å². The van der Waals surface area contributed by atoms with E-state index in [9.17, 15) is 0 Å². The predicted octanol–water partition coefficient (Wildman–Crippen LogP) is 2.69. The molecule has 1 aromatic rings. The van der Waals surface area contributed by atoms with E-state index in [1.807, 2.05) is 36.2 Å². The predicted molar refractivity (Wildman–Crippen MR) is 55.0 cm³/mol. The maximum atomic E-state index is 8.42. The molecule has 0 saturated carbocycles. The van der Waals surface area contributed by atoms with E-state index in [0.29, 0.717) is 13.0 Å². The number of benzene rings is 1. The summed E-state index contributed by atoms with van der Waals surface area (Å²) in [6, 6.07) is 9.72. The third-order valence-electron chi connectivity index (χ3n) is 1.82. The molecule has 0 aromatic heterocycles. The minimum atomic E-state index is 0.516. The number of halogens is 1. The van der Waals surface area contributed by atoms with E-state index in [1.165, 1.54) is 0 Å².